The molecule has 2 aliphatic heterocycles. The Hall–Kier alpha value is -1.73. The Balaban J connectivity index is 1.46. The van der Waals surface area contributed by atoms with Crippen LogP contribution < -0.4 is 5.32 Å². The van der Waals surface area contributed by atoms with E-state index in [-0.39, 0.29) is 12.0 Å². The summed E-state index contributed by atoms with van der Waals surface area (Å²) in [5, 5.41) is 3.22. The quantitative estimate of drug-likeness (QED) is 0.834. The van der Waals surface area contributed by atoms with Gasteiger partial charge in [0.15, 0.2) is 0 Å². The monoisotopic (exact) mass is 319 g/mol. The molecule has 0 aliphatic carbocycles. The summed E-state index contributed by atoms with van der Waals surface area (Å²) in [6, 6.07) is 0. The first-order valence-corrected chi connectivity index (χ1v) is 8.41. The highest BCUT2D eigenvalue weighted by atomic mass is 16.5. The van der Waals surface area contributed by atoms with Crippen LogP contribution in [0.2, 0.25) is 0 Å². The molecule has 0 unspecified atom stereocenters. The number of anilines is 1. The lowest BCUT2D eigenvalue weighted by atomic mass is 10.2. The predicted octanol–water partition coefficient (Wildman–Crippen LogP) is 0.732. The van der Waals surface area contributed by atoms with Gasteiger partial charge >= 0.3 is 0 Å². The van der Waals surface area contributed by atoms with Crippen molar-refractivity contribution < 1.29 is 9.53 Å². The summed E-state index contributed by atoms with van der Waals surface area (Å²) >= 11 is 0. The van der Waals surface area contributed by atoms with E-state index >= 15 is 0 Å². The van der Waals surface area contributed by atoms with Crippen LogP contribution >= 0.6 is 0 Å². The molecule has 3 rings (SSSR count). The fourth-order valence-electron chi connectivity index (χ4n) is 3.02. The summed E-state index contributed by atoms with van der Waals surface area (Å²) in [5.74, 6) is 0.839. The standard InChI is InChI=1S/C16H25N5O2/c1-2-21-6-5-20(12-15(21)22)11-13-8-17-16(18-9-13)19-10-14-4-3-7-23-14/h8-9,14H,2-7,10-12H2,1H3,(H,17,18,19)/t14-/m0/s1. The minimum atomic E-state index is 0.203. The Kier molecular flexibility index (Phi) is 5.40. The normalized spacial score (nSPS) is 22.6. The number of aromatic nitrogens is 2. The van der Waals surface area contributed by atoms with Crippen molar-refractivity contribution in [1.29, 1.82) is 0 Å². The minimum absolute atomic E-state index is 0.203. The van der Waals surface area contributed by atoms with E-state index in [4.69, 9.17) is 4.74 Å². The van der Waals surface area contributed by atoms with Gasteiger partial charge in [0, 0.05) is 57.3 Å². The van der Waals surface area contributed by atoms with Gasteiger partial charge in [0.2, 0.25) is 11.9 Å². The molecule has 1 aromatic heterocycles. The molecule has 1 atom stereocenters. The van der Waals surface area contributed by atoms with Crippen molar-refractivity contribution in [2.24, 2.45) is 0 Å². The van der Waals surface area contributed by atoms with E-state index in [0.29, 0.717) is 12.5 Å². The van der Waals surface area contributed by atoms with Gasteiger partial charge in [-0.15, -0.1) is 0 Å². The van der Waals surface area contributed by atoms with E-state index in [1.54, 1.807) is 0 Å². The second-order valence-corrected chi connectivity index (χ2v) is 6.11. The van der Waals surface area contributed by atoms with Crippen molar-refractivity contribution in [3.05, 3.63) is 18.0 Å². The Labute approximate surface area is 137 Å². The molecule has 23 heavy (non-hydrogen) atoms. The first-order valence-electron chi connectivity index (χ1n) is 8.41. The Morgan fingerprint density at radius 1 is 1.35 bits per heavy atom. The number of carbonyl (C=O) groups excluding carboxylic acids is 1. The second kappa shape index (κ2) is 7.70. The van der Waals surface area contributed by atoms with Gasteiger partial charge < -0.3 is 15.0 Å². The van der Waals surface area contributed by atoms with Crippen LogP contribution in [0.4, 0.5) is 5.95 Å². The predicted molar refractivity (Wildman–Crippen MR) is 87.0 cm³/mol. The summed E-state index contributed by atoms with van der Waals surface area (Å²) in [6.45, 7) is 7.32. The summed E-state index contributed by atoms with van der Waals surface area (Å²) in [6.07, 6.45) is 6.18. The molecule has 3 heterocycles. The highest BCUT2D eigenvalue weighted by Crippen LogP contribution is 2.13. The lowest BCUT2D eigenvalue weighted by Crippen LogP contribution is -2.49. The first-order chi connectivity index (χ1) is 11.2. The number of hydrogen-bond donors (Lipinski definition) is 1. The van der Waals surface area contributed by atoms with Crippen molar-refractivity contribution in [1.82, 2.24) is 19.8 Å². The van der Waals surface area contributed by atoms with Crippen LogP contribution in [0.25, 0.3) is 0 Å². The molecule has 2 fully saturated rings. The van der Waals surface area contributed by atoms with Crippen LogP contribution in [0.15, 0.2) is 12.4 Å². The number of carbonyl (C=O) groups is 1. The van der Waals surface area contributed by atoms with Gasteiger partial charge in [-0.1, -0.05) is 0 Å². The SMILES string of the molecule is CCN1CCN(Cc2cnc(NC[C@@H]3CCCO3)nc2)CC1=O. The number of hydrogen-bond acceptors (Lipinski definition) is 6. The summed E-state index contributed by atoms with van der Waals surface area (Å²) in [5.41, 5.74) is 1.03. The number of rotatable bonds is 6. The van der Waals surface area contributed by atoms with Gasteiger partial charge in [-0.3, -0.25) is 9.69 Å². The molecule has 0 aromatic carbocycles. The van der Waals surface area contributed by atoms with Crippen molar-refractivity contribution >= 4 is 11.9 Å². The van der Waals surface area contributed by atoms with Crippen LogP contribution in [-0.2, 0) is 16.1 Å². The zero-order valence-corrected chi connectivity index (χ0v) is 13.7. The highest BCUT2D eigenvalue weighted by Gasteiger charge is 2.22. The van der Waals surface area contributed by atoms with Gasteiger partial charge in [0.25, 0.3) is 0 Å². The third kappa shape index (κ3) is 4.39. The highest BCUT2D eigenvalue weighted by molar-refractivity contribution is 5.78. The van der Waals surface area contributed by atoms with Gasteiger partial charge in [-0.25, -0.2) is 9.97 Å². The number of nitrogens with zero attached hydrogens (tertiary/aromatic N) is 4. The summed E-state index contributed by atoms with van der Waals surface area (Å²) in [4.78, 5) is 24.7. The maximum Gasteiger partial charge on any atom is 0.236 e. The van der Waals surface area contributed by atoms with E-state index in [1.807, 2.05) is 24.2 Å². The van der Waals surface area contributed by atoms with E-state index < -0.39 is 0 Å². The van der Waals surface area contributed by atoms with Crippen molar-refractivity contribution in [3.63, 3.8) is 0 Å². The molecule has 0 saturated carbocycles. The van der Waals surface area contributed by atoms with Crippen LogP contribution in [0.3, 0.4) is 0 Å². The lowest BCUT2D eigenvalue weighted by Gasteiger charge is -2.33. The smallest absolute Gasteiger partial charge is 0.236 e. The van der Waals surface area contributed by atoms with E-state index in [9.17, 15) is 4.79 Å². The van der Waals surface area contributed by atoms with E-state index in [1.165, 1.54) is 0 Å². The van der Waals surface area contributed by atoms with Crippen LogP contribution in [-0.4, -0.2) is 71.1 Å². The molecule has 2 saturated heterocycles. The molecule has 0 bridgehead atoms. The maximum atomic E-state index is 11.9. The number of piperazine rings is 1. The fraction of sp³-hybridized carbons (Fsp3) is 0.688. The largest absolute Gasteiger partial charge is 0.376 e. The molecule has 126 valence electrons. The molecule has 2 aliphatic rings. The Morgan fingerprint density at radius 2 is 2.17 bits per heavy atom. The maximum absolute atomic E-state index is 11.9. The van der Waals surface area contributed by atoms with Crippen LogP contribution in [0, 0.1) is 0 Å². The molecule has 0 spiro atoms. The third-order valence-corrected chi connectivity index (χ3v) is 4.40. The number of ether oxygens (including phenoxy) is 1. The van der Waals surface area contributed by atoms with Crippen LogP contribution in [0.5, 0.6) is 0 Å². The number of amides is 1. The molecule has 1 amide bonds. The van der Waals surface area contributed by atoms with E-state index in [0.717, 1.165) is 57.7 Å². The van der Waals surface area contributed by atoms with E-state index in [2.05, 4.69) is 20.2 Å². The first kappa shape index (κ1) is 16.1. The topological polar surface area (TPSA) is 70.6 Å². The zero-order valence-electron chi connectivity index (χ0n) is 13.7. The average Bonchev–Trinajstić information content (AvgIpc) is 3.08. The molecular formula is C16H25N5O2. The summed E-state index contributed by atoms with van der Waals surface area (Å²) in [7, 11) is 0. The van der Waals surface area contributed by atoms with Crippen LogP contribution in [0.1, 0.15) is 25.3 Å². The average molecular weight is 319 g/mol. The molecule has 1 N–H and O–H groups in total. The number of nitrogens with one attached hydrogen (secondary N) is 1. The van der Waals surface area contributed by atoms with Gasteiger partial charge in [-0.05, 0) is 19.8 Å². The lowest BCUT2D eigenvalue weighted by molar-refractivity contribution is -0.135. The zero-order chi connectivity index (χ0) is 16.1. The Bertz CT molecular complexity index is 516. The molecular weight excluding hydrogens is 294 g/mol. The van der Waals surface area contributed by atoms with Gasteiger partial charge in [0.1, 0.15) is 0 Å². The molecule has 7 nitrogen and oxygen atoms in total. The third-order valence-electron chi connectivity index (χ3n) is 4.40. The minimum Gasteiger partial charge on any atom is -0.376 e. The van der Waals surface area contributed by atoms with Gasteiger partial charge in [-0.2, -0.15) is 0 Å². The fourth-order valence-corrected chi connectivity index (χ4v) is 3.02. The van der Waals surface area contributed by atoms with Gasteiger partial charge in [0.05, 0.1) is 12.6 Å². The van der Waals surface area contributed by atoms with Crippen molar-refractivity contribution in [2.75, 3.05) is 44.6 Å². The number of likely N-dealkylation sites (N-methyl/N-ethyl adjacent to an activating group) is 1. The molecule has 0 radical (unpaired) electrons. The molecule has 7 heteroatoms. The Morgan fingerprint density at radius 3 is 2.83 bits per heavy atom. The molecule has 1 aromatic rings. The second-order valence-electron chi connectivity index (χ2n) is 6.11. The van der Waals surface area contributed by atoms with Crippen molar-refractivity contribution in [3.8, 4) is 0 Å². The van der Waals surface area contributed by atoms with Crippen molar-refractivity contribution in [2.45, 2.75) is 32.4 Å². The summed E-state index contributed by atoms with van der Waals surface area (Å²) < 4.78 is 5.57.